The molecule has 1 aromatic heterocycles. The van der Waals surface area contributed by atoms with E-state index in [-0.39, 0.29) is 23.9 Å². The molecule has 0 aliphatic carbocycles. The molecule has 0 fully saturated rings. The lowest BCUT2D eigenvalue weighted by molar-refractivity contribution is -0.121. The molecule has 0 aliphatic heterocycles. The molecule has 0 aliphatic rings. The summed E-state index contributed by atoms with van der Waals surface area (Å²) < 4.78 is 1.17. The molecule has 3 aromatic carbocycles. The summed E-state index contributed by atoms with van der Waals surface area (Å²) in [6, 6.07) is 30.8. The third kappa shape index (κ3) is 5.76. The van der Waals surface area contributed by atoms with E-state index in [0.717, 1.165) is 6.42 Å². The minimum Gasteiger partial charge on any atom is -0.354 e. The first kappa shape index (κ1) is 22.5. The van der Waals surface area contributed by atoms with Gasteiger partial charge in [-0.15, -0.1) is 0 Å². The Morgan fingerprint density at radius 2 is 1.45 bits per heavy atom. The lowest BCUT2D eigenvalue weighted by Crippen LogP contribution is -2.34. The summed E-state index contributed by atoms with van der Waals surface area (Å²) in [4.78, 5) is 24.9. The molecule has 1 heterocycles. The predicted octanol–water partition coefficient (Wildman–Crippen LogP) is 4.90. The number of carbonyl (C=O) groups is 1. The van der Waals surface area contributed by atoms with Crippen molar-refractivity contribution in [1.29, 1.82) is 0 Å². The van der Waals surface area contributed by atoms with Crippen LogP contribution in [0, 0.1) is 0 Å². The monoisotopic (exact) mass is 457 g/mol. The summed E-state index contributed by atoms with van der Waals surface area (Å²) in [6.45, 7) is 0.324. The molecule has 0 radical (unpaired) electrons. The molecular weight excluding hydrogens is 434 g/mol. The number of halogens is 1. The standard InChI is InChI=1S/C27H24ClN3O2/c28-24-14-8-7-13-23(24)25-15-16-27(33)31(30-25)19-26(32)29-18-17-22(20-9-3-1-4-10-20)21-11-5-2-6-12-21/h1-16,22H,17-19H2,(H,29,32). The summed E-state index contributed by atoms with van der Waals surface area (Å²) in [6.07, 6.45) is 0.738. The summed E-state index contributed by atoms with van der Waals surface area (Å²) in [5.74, 6) is -0.0992. The zero-order chi connectivity index (χ0) is 23.0. The van der Waals surface area contributed by atoms with Crippen molar-refractivity contribution in [2.24, 2.45) is 0 Å². The van der Waals surface area contributed by atoms with Crippen molar-refractivity contribution in [3.8, 4) is 11.3 Å². The molecule has 33 heavy (non-hydrogen) atoms. The van der Waals surface area contributed by atoms with Crippen LogP contribution >= 0.6 is 11.6 Å². The molecule has 0 atom stereocenters. The molecule has 0 saturated heterocycles. The number of rotatable bonds is 8. The minimum absolute atomic E-state index is 0.154. The fourth-order valence-electron chi connectivity index (χ4n) is 3.82. The Morgan fingerprint density at radius 3 is 2.09 bits per heavy atom. The molecule has 5 nitrogen and oxygen atoms in total. The van der Waals surface area contributed by atoms with Crippen molar-refractivity contribution >= 4 is 17.5 Å². The van der Waals surface area contributed by atoms with E-state index < -0.39 is 0 Å². The molecule has 0 bridgehead atoms. The Labute approximate surface area is 197 Å². The largest absolute Gasteiger partial charge is 0.354 e. The zero-order valence-electron chi connectivity index (χ0n) is 18.0. The van der Waals surface area contributed by atoms with E-state index >= 15 is 0 Å². The highest BCUT2D eigenvalue weighted by atomic mass is 35.5. The fourth-order valence-corrected chi connectivity index (χ4v) is 4.05. The second-order valence-electron chi connectivity index (χ2n) is 7.71. The molecule has 1 N–H and O–H groups in total. The van der Waals surface area contributed by atoms with Crippen LogP contribution in [0.5, 0.6) is 0 Å². The highest BCUT2D eigenvalue weighted by molar-refractivity contribution is 6.33. The molecule has 166 valence electrons. The second kappa shape index (κ2) is 10.7. The van der Waals surface area contributed by atoms with Crippen LogP contribution in [0.3, 0.4) is 0 Å². The lowest BCUT2D eigenvalue weighted by atomic mass is 9.88. The van der Waals surface area contributed by atoms with Crippen LogP contribution < -0.4 is 10.9 Å². The highest BCUT2D eigenvalue weighted by Crippen LogP contribution is 2.27. The molecule has 4 aromatic rings. The van der Waals surface area contributed by atoms with E-state index in [4.69, 9.17) is 11.6 Å². The van der Waals surface area contributed by atoms with Crippen LogP contribution in [0.25, 0.3) is 11.3 Å². The average molecular weight is 458 g/mol. The zero-order valence-corrected chi connectivity index (χ0v) is 18.8. The molecule has 6 heteroatoms. The van der Waals surface area contributed by atoms with Gasteiger partial charge < -0.3 is 5.32 Å². The van der Waals surface area contributed by atoms with Gasteiger partial charge in [-0.3, -0.25) is 9.59 Å². The van der Waals surface area contributed by atoms with Gasteiger partial charge in [0.15, 0.2) is 0 Å². The Kier molecular flexibility index (Phi) is 7.33. The van der Waals surface area contributed by atoms with Gasteiger partial charge in [0.05, 0.1) is 10.7 Å². The third-order valence-electron chi connectivity index (χ3n) is 5.47. The molecule has 0 unspecified atom stereocenters. The number of benzene rings is 3. The Hall–Kier alpha value is -3.70. The van der Waals surface area contributed by atoms with E-state index in [0.29, 0.717) is 22.8 Å². The lowest BCUT2D eigenvalue weighted by Gasteiger charge is -2.18. The van der Waals surface area contributed by atoms with Crippen LogP contribution in [-0.4, -0.2) is 22.2 Å². The number of nitrogens with zero attached hydrogens (tertiary/aromatic N) is 2. The van der Waals surface area contributed by atoms with Gasteiger partial charge in [0.1, 0.15) is 6.54 Å². The van der Waals surface area contributed by atoms with Gasteiger partial charge in [-0.1, -0.05) is 90.5 Å². The summed E-state index contributed by atoms with van der Waals surface area (Å²) in [7, 11) is 0. The normalized spacial score (nSPS) is 10.8. The molecular formula is C27H24ClN3O2. The number of aromatic nitrogens is 2. The third-order valence-corrected chi connectivity index (χ3v) is 5.80. The van der Waals surface area contributed by atoms with Crippen LogP contribution in [0.4, 0.5) is 0 Å². The van der Waals surface area contributed by atoms with Crippen molar-refractivity contribution in [3.05, 3.63) is 124 Å². The quantitative estimate of drug-likeness (QED) is 0.409. The van der Waals surface area contributed by atoms with Crippen molar-refractivity contribution in [2.75, 3.05) is 6.54 Å². The number of hydrogen-bond acceptors (Lipinski definition) is 3. The van der Waals surface area contributed by atoms with Crippen LogP contribution in [0.1, 0.15) is 23.5 Å². The first-order valence-electron chi connectivity index (χ1n) is 10.8. The number of amides is 1. The van der Waals surface area contributed by atoms with Crippen molar-refractivity contribution in [1.82, 2.24) is 15.1 Å². The Bertz CT molecular complexity index is 1230. The minimum atomic E-state index is -0.340. The van der Waals surface area contributed by atoms with E-state index in [9.17, 15) is 9.59 Å². The predicted molar refractivity (Wildman–Crippen MR) is 131 cm³/mol. The summed E-state index contributed by atoms with van der Waals surface area (Å²) >= 11 is 6.25. The fraction of sp³-hybridized carbons (Fsp3) is 0.148. The van der Waals surface area contributed by atoms with Crippen molar-refractivity contribution in [3.63, 3.8) is 0 Å². The van der Waals surface area contributed by atoms with Crippen LogP contribution in [0.15, 0.2) is 102 Å². The molecule has 0 saturated carbocycles. The van der Waals surface area contributed by atoms with Crippen molar-refractivity contribution < 1.29 is 4.79 Å². The van der Waals surface area contributed by atoms with Gasteiger partial charge in [0.25, 0.3) is 5.56 Å². The van der Waals surface area contributed by atoms with Gasteiger partial charge in [-0.2, -0.15) is 5.10 Å². The second-order valence-corrected chi connectivity index (χ2v) is 8.11. The first-order valence-corrected chi connectivity index (χ1v) is 11.2. The van der Waals surface area contributed by atoms with Gasteiger partial charge >= 0.3 is 0 Å². The van der Waals surface area contributed by atoms with Gasteiger partial charge in [-0.25, -0.2) is 4.68 Å². The van der Waals surface area contributed by atoms with E-state index in [2.05, 4.69) is 34.7 Å². The maximum atomic E-state index is 12.6. The van der Waals surface area contributed by atoms with E-state index in [1.807, 2.05) is 54.6 Å². The smallest absolute Gasteiger partial charge is 0.267 e. The van der Waals surface area contributed by atoms with E-state index in [1.54, 1.807) is 12.1 Å². The van der Waals surface area contributed by atoms with Crippen molar-refractivity contribution in [2.45, 2.75) is 18.9 Å². The van der Waals surface area contributed by atoms with Gasteiger partial charge in [0, 0.05) is 24.1 Å². The van der Waals surface area contributed by atoms with E-state index in [1.165, 1.54) is 21.9 Å². The average Bonchev–Trinajstić information content (AvgIpc) is 2.85. The molecule has 0 spiro atoms. The highest BCUT2D eigenvalue weighted by Gasteiger charge is 2.15. The SMILES string of the molecule is O=C(Cn1nc(-c2ccccc2Cl)ccc1=O)NCCC(c1ccccc1)c1ccccc1. The Morgan fingerprint density at radius 1 is 0.848 bits per heavy atom. The van der Waals surface area contributed by atoms with Gasteiger partial charge in [-0.05, 0) is 29.7 Å². The number of carbonyl (C=O) groups excluding carboxylic acids is 1. The topological polar surface area (TPSA) is 64.0 Å². The summed E-state index contributed by atoms with van der Waals surface area (Å²) in [5, 5.41) is 7.81. The summed E-state index contributed by atoms with van der Waals surface area (Å²) in [5.41, 5.74) is 3.31. The van der Waals surface area contributed by atoms with Gasteiger partial charge in [0.2, 0.25) is 5.91 Å². The molecule has 1 amide bonds. The first-order chi connectivity index (χ1) is 16.1. The number of hydrogen-bond donors (Lipinski definition) is 1. The van der Waals surface area contributed by atoms with Crippen LogP contribution in [0.2, 0.25) is 5.02 Å². The molecule has 4 rings (SSSR count). The van der Waals surface area contributed by atoms with Crippen LogP contribution in [-0.2, 0) is 11.3 Å². The maximum absolute atomic E-state index is 12.6. The maximum Gasteiger partial charge on any atom is 0.267 e. The number of nitrogens with one attached hydrogen (secondary N) is 1. The Balaban J connectivity index is 1.42.